The fourth-order valence-electron chi connectivity index (χ4n) is 5.53. The van der Waals surface area contributed by atoms with E-state index in [0.717, 1.165) is 22.5 Å². The van der Waals surface area contributed by atoms with Gasteiger partial charge >= 0.3 is 11.9 Å². The van der Waals surface area contributed by atoms with Gasteiger partial charge in [-0.1, -0.05) is 66.2 Å². The maximum Gasteiger partial charge on any atom is 0.336 e. The van der Waals surface area contributed by atoms with Gasteiger partial charge in [0, 0.05) is 34.4 Å². The molecule has 42 heavy (non-hydrogen) atoms. The molecule has 7 nitrogen and oxygen atoms in total. The molecular formula is C35H35N3O4. The molecule has 0 aliphatic carbocycles. The van der Waals surface area contributed by atoms with E-state index in [9.17, 15) is 9.59 Å². The summed E-state index contributed by atoms with van der Waals surface area (Å²) in [4.78, 5) is 29.7. The molecule has 1 aromatic heterocycles. The Morgan fingerprint density at radius 2 is 1.24 bits per heavy atom. The summed E-state index contributed by atoms with van der Waals surface area (Å²) in [7, 11) is 0. The number of esters is 2. The van der Waals surface area contributed by atoms with Crippen molar-refractivity contribution in [2.24, 2.45) is 0 Å². The van der Waals surface area contributed by atoms with Crippen LogP contribution in [0, 0.1) is 6.92 Å². The molecule has 0 amide bonds. The largest absolute Gasteiger partial charge is 0.463 e. The van der Waals surface area contributed by atoms with Gasteiger partial charge in [-0.05, 0) is 58.9 Å². The van der Waals surface area contributed by atoms with Crippen LogP contribution in [0.3, 0.4) is 0 Å². The Morgan fingerprint density at radius 1 is 0.714 bits per heavy atom. The number of aryl methyl sites for hydroxylation is 1. The van der Waals surface area contributed by atoms with Gasteiger partial charge in [0.25, 0.3) is 0 Å². The van der Waals surface area contributed by atoms with Crippen molar-refractivity contribution in [1.29, 1.82) is 0 Å². The second-order valence-electron chi connectivity index (χ2n) is 10.1. The van der Waals surface area contributed by atoms with Gasteiger partial charge in [-0.15, -0.1) is 0 Å². The molecule has 3 aromatic carbocycles. The summed E-state index contributed by atoms with van der Waals surface area (Å²) in [6.07, 6.45) is 1.91. The van der Waals surface area contributed by atoms with Crippen molar-refractivity contribution >= 4 is 17.6 Å². The smallest absolute Gasteiger partial charge is 0.336 e. The second kappa shape index (κ2) is 12.3. The minimum atomic E-state index is -0.780. The number of allylic oxidation sites excluding steroid dienone is 2. The van der Waals surface area contributed by atoms with Crippen LogP contribution >= 0.6 is 0 Å². The van der Waals surface area contributed by atoms with Gasteiger partial charge in [0.1, 0.15) is 0 Å². The van der Waals surface area contributed by atoms with E-state index in [0.29, 0.717) is 33.8 Å². The molecule has 4 aromatic rings. The topological polar surface area (TPSA) is 73.7 Å². The molecule has 5 rings (SSSR count). The van der Waals surface area contributed by atoms with E-state index in [1.807, 2.05) is 117 Å². The summed E-state index contributed by atoms with van der Waals surface area (Å²) in [6.45, 7) is 9.75. The zero-order valence-corrected chi connectivity index (χ0v) is 24.6. The van der Waals surface area contributed by atoms with Crippen molar-refractivity contribution in [2.75, 3.05) is 18.1 Å². The minimum absolute atomic E-state index is 0.194. The normalized spacial score (nSPS) is 13.9. The Balaban J connectivity index is 1.83. The average Bonchev–Trinajstić information content (AvgIpc) is 3.44. The highest BCUT2D eigenvalue weighted by Crippen LogP contribution is 2.47. The highest BCUT2D eigenvalue weighted by atomic mass is 16.5. The predicted molar refractivity (Wildman–Crippen MR) is 164 cm³/mol. The zero-order chi connectivity index (χ0) is 29.8. The lowest BCUT2D eigenvalue weighted by molar-refractivity contribution is -0.139. The van der Waals surface area contributed by atoms with Crippen LogP contribution in [-0.2, 0) is 19.1 Å². The first-order valence-corrected chi connectivity index (χ1v) is 14.2. The number of benzene rings is 3. The van der Waals surface area contributed by atoms with E-state index in [1.54, 1.807) is 18.5 Å². The molecule has 214 valence electrons. The summed E-state index contributed by atoms with van der Waals surface area (Å²) >= 11 is 0. The maximum absolute atomic E-state index is 13.9. The van der Waals surface area contributed by atoms with Crippen molar-refractivity contribution in [2.45, 2.75) is 40.5 Å². The van der Waals surface area contributed by atoms with E-state index in [4.69, 9.17) is 14.6 Å². The second-order valence-corrected chi connectivity index (χ2v) is 10.1. The third-order valence-electron chi connectivity index (χ3n) is 7.43. The lowest BCUT2D eigenvalue weighted by Crippen LogP contribution is -2.35. The van der Waals surface area contributed by atoms with E-state index in [2.05, 4.69) is 0 Å². The molecule has 0 atom stereocenters. The molecule has 0 spiro atoms. The van der Waals surface area contributed by atoms with Crippen LogP contribution in [-0.4, -0.2) is 34.9 Å². The molecule has 0 N–H and O–H groups in total. The zero-order valence-electron chi connectivity index (χ0n) is 24.6. The molecule has 1 aliphatic heterocycles. The Morgan fingerprint density at radius 3 is 1.76 bits per heavy atom. The molecular weight excluding hydrogens is 526 g/mol. The van der Waals surface area contributed by atoms with E-state index in [1.165, 1.54) is 0 Å². The number of anilines is 1. The van der Waals surface area contributed by atoms with Crippen LogP contribution in [0.15, 0.2) is 114 Å². The standard InChI is InChI=1S/C35H35N3O4/c1-6-41-34(39)30-24(4)38(28-20-18-23(3)19-21-28)25(5)31(35(40)42-7-2)32(30)29-22-37(27-16-12-9-13-17-27)36-33(29)26-14-10-8-11-15-26/h8-22,32H,6-7H2,1-5H3. The summed E-state index contributed by atoms with van der Waals surface area (Å²) in [5.74, 6) is -1.76. The molecule has 7 heteroatoms. The summed E-state index contributed by atoms with van der Waals surface area (Å²) in [5.41, 5.74) is 7.13. The Labute approximate surface area is 246 Å². The van der Waals surface area contributed by atoms with Crippen LogP contribution in [0.2, 0.25) is 0 Å². The summed E-state index contributed by atoms with van der Waals surface area (Å²) < 4.78 is 13.1. The quantitative estimate of drug-likeness (QED) is 0.213. The van der Waals surface area contributed by atoms with Crippen LogP contribution in [0.5, 0.6) is 0 Å². The van der Waals surface area contributed by atoms with Gasteiger partial charge in [0.2, 0.25) is 0 Å². The summed E-state index contributed by atoms with van der Waals surface area (Å²) in [5, 5.41) is 5.00. The number of carbonyl (C=O) groups excluding carboxylic acids is 2. The van der Waals surface area contributed by atoms with Crippen molar-refractivity contribution in [3.8, 4) is 16.9 Å². The number of aromatic nitrogens is 2. The van der Waals surface area contributed by atoms with Crippen molar-refractivity contribution in [3.05, 3.63) is 125 Å². The molecule has 0 bridgehead atoms. The number of ether oxygens (including phenoxy) is 2. The monoisotopic (exact) mass is 561 g/mol. The van der Waals surface area contributed by atoms with Gasteiger partial charge in [-0.3, -0.25) is 0 Å². The van der Waals surface area contributed by atoms with E-state index >= 15 is 0 Å². The molecule has 0 unspecified atom stereocenters. The molecule has 1 aliphatic rings. The maximum atomic E-state index is 13.9. The molecule has 0 radical (unpaired) electrons. The Hall–Kier alpha value is -4.91. The number of nitrogens with zero attached hydrogens (tertiary/aromatic N) is 3. The third-order valence-corrected chi connectivity index (χ3v) is 7.43. The van der Waals surface area contributed by atoms with Gasteiger partial charge in [0.05, 0.1) is 41.7 Å². The first-order valence-electron chi connectivity index (χ1n) is 14.2. The van der Waals surface area contributed by atoms with Crippen molar-refractivity contribution in [1.82, 2.24) is 9.78 Å². The van der Waals surface area contributed by atoms with Gasteiger partial charge < -0.3 is 14.4 Å². The fraction of sp³-hybridized carbons (Fsp3) is 0.229. The Bertz CT molecular complexity index is 1610. The number of hydrogen-bond acceptors (Lipinski definition) is 6. The van der Waals surface area contributed by atoms with Crippen LogP contribution in [0.25, 0.3) is 16.9 Å². The van der Waals surface area contributed by atoms with Crippen LogP contribution in [0.4, 0.5) is 5.69 Å². The molecule has 0 fully saturated rings. The van der Waals surface area contributed by atoms with Gasteiger partial charge in [0.15, 0.2) is 0 Å². The number of rotatable bonds is 8. The first kappa shape index (κ1) is 28.6. The third kappa shape index (κ3) is 5.38. The lowest BCUT2D eigenvalue weighted by atomic mass is 9.79. The van der Waals surface area contributed by atoms with Crippen molar-refractivity contribution < 1.29 is 19.1 Å². The highest BCUT2D eigenvalue weighted by Gasteiger charge is 2.43. The minimum Gasteiger partial charge on any atom is -0.463 e. The van der Waals surface area contributed by atoms with Crippen molar-refractivity contribution in [3.63, 3.8) is 0 Å². The van der Waals surface area contributed by atoms with E-state index < -0.39 is 17.9 Å². The van der Waals surface area contributed by atoms with Crippen LogP contribution in [0.1, 0.15) is 44.7 Å². The Kier molecular flexibility index (Phi) is 8.38. The molecule has 0 saturated heterocycles. The fourth-order valence-corrected chi connectivity index (χ4v) is 5.53. The predicted octanol–water partition coefficient (Wildman–Crippen LogP) is 7.13. The molecule has 0 saturated carbocycles. The molecule has 2 heterocycles. The van der Waals surface area contributed by atoms with Crippen LogP contribution < -0.4 is 4.90 Å². The van der Waals surface area contributed by atoms with E-state index in [-0.39, 0.29) is 13.2 Å². The average molecular weight is 562 g/mol. The SMILES string of the molecule is CCOC(=O)C1=C(C)N(c2ccc(C)cc2)C(C)=C(C(=O)OCC)C1c1cn(-c2ccccc2)nc1-c1ccccc1. The highest BCUT2D eigenvalue weighted by molar-refractivity contribution is 6.02. The first-order chi connectivity index (χ1) is 20.3. The lowest BCUT2D eigenvalue weighted by Gasteiger charge is -2.37. The summed E-state index contributed by atoms with van der Waals surface area (Å²) in [6, 6.07) is 27.5. The number of hydrogen-bond donors (Lipinski definition) is 0. The van der Waals surface area contributed by atoms with Gasteiger partial charge in [-0.2, -0.15) is 5.10 Å². The number of carbonyl (C=O) groups is 2. The number of para-hydroxylation sites is 1. The van der Waals surface area contributed by atoms with Gasteiger partial charge in [-0.25, -0.2) is 14.3 Å².